The molecule has 1 aromatic heterocycles. The minimum Gasteiger partial charge on any atom is -0.496 e. The van der Waals surface area contributed by atoms with E-state index in [0.717, 1.165) is 9.86 Å². The maximum Gasteiger partial charge on any atom is 0.159 e. The molecule has 0 atom stereocenters. The van der Waals surface area contributed by atoms with Gasteiger partial charge in [0.15, 0.2) is 5.75 Å². The first-order valence-electron chi connectivity index (χ1n) is 4.53. The Morgan fingerprint density at radius 2 is 2.06 bits per heavy atom. The lowest BCUT2D eigenvalue weighted by Crippen LogP contribution is -1.93. The first-order chi connectivity index (χ1) is 7.69. The second-order valence-corrected chi connectivity index (χ2v) is 4.37. The number of methoxy groups -OCH3 is 2. The zero-order valence-corrected chi connectivity index (χ0v) is 11.1. The Bertz CT molecular complexity index is 545. The SMILES string of the molecule is COc1c(Br)cc(OC)c2c(Cl)ccnc12. The third kappa shape index (κ3) is 1.72. The Balaban J connectivity index is 2.93. The lowest BCUT2D eigenvalue weighted by Gasteiger charge is -2.11. The van der Waals surface area contributed by atoms with Crippen LogP contribution in [0.25, 0.3) is 10.9 Å². The van der Waals surface area contributed by atoms with Crippen molar-refractivity contribution in [3.05, 3.63) is 27.8 Å². The predicted molar refractivity (Wildman–Crippen MR) is 67.6 cm³/mol. The average Bonchev–Trinajstić information content (AvgIpc) is 2.28. The summed E-state index contributed by atoms with van der Waals surface area (Å²) >= 11 is 9.54. The molecule has 16 heavy (non-hydrogen) atoms. The van der Waals surface area contributed by atoms with Gasteiger partial charge in [-0.1, -0.05) is 11.6 Å². The molecule has 0 aliphatic heterocycles. The lowest BCUT2D eigenvalue weighted by atomic mass is 10.2. The summed E-state index contributed by atoms with van der Waals surface area (Å²) in [5.41, 5.74) is 0.682. The summed E-state index contributed by atoms with van der Waals surface area (Å²) < 4.78 is 11.4. The van der Waals surface area contributed by atoms with Crippen molar-refractivity contribution < 1.29 is 9.47 Å². The summed E-state index contributed by atoms with van der Waals surface area (Å²) in [6.45, 7) is 0. The first kappa shape index (κ1) is 11.5. The number of nitrogens with zero attached hydrogens (tertiary/aromatic N) is 1. The summed E-state index contributed by atoms with van der Waals surface area (Å²) in [6.07, 6.45) is 1.64. The fraction of sp³-hybridized carbons (Fsp3) is 0.182. The third-order valence-electron chi connectivity index (χ3n) is 2.26. The molecule has 0 amide bonds. The van der Waals surface area contributed by atoms with Gasteiger partial charge in [0.1, 0.15) is 11.3 Å². The van der Waals surface area contributed by atoms with Crippen molar-refractivity contribution in [2.45, 2.75) is 0 Å². The van der Waals surface area contributed by atoms with Crippen LogP contribution in [0.5, 0.6) is 11.5 Å². The molecule has 1 aromatic carbocycles. The van der Waals surface area contributed by atoms with Gasteiger partial charge in [0, 0.05) is 6.20 Å². The van der Waals surface area contributed by atoms with Crippen molar-refractivity contribution in [1.29, 1.82) is 0 Å². The van der Waals surface area contributed by atoms with Crippen LogP contribution in [0.4, 0.5) is 0 Å². The number of benzene rings is 1. The summed E-state index contributed by atoms with van der Waals surface area (Å²) in [6, 6.07) is 3.54. The monoisotopic (exact) mass is 301 g/mol. The Kier molecular flexibility index (Phi) is 3.21. The van der Waals surface area contributed by atoms with Gasteiger partial charge in [-0.2, -0.15) is 0 Å². The number of pyridine rings is 1. The highest BCUT2D eigenvalue weighted by Gasteiger charge is 2.15. The molecule has 0 spiro atoms. The Labute approximate surface area is 106 Å². The Hall–Kier alpha value is -1.00. The summed E-state index contributed by atoms with van der Waals surface area (Å²) in [4.78, 5) is 4.26. The maximum absolute atomic E-state index is 6.13. The molecule has 0 fully saturated rings. The standard InChI is InChI=1S/C11H9BrClNO2/c1-15-8-5-6(12)11(16-2)10-9(8)7(13)3-4-14-10/h3-5H,1-2H3. The first-order valence-corrected chi connectivity index (χ1v) is 5.70. The highest BCUT2D eigenvalue weighted by atomic mass is 79.9. The van der Waals surface area contributed by atoms with Gasteiger partial charge in [-0.05, 0) is 28.1 Å². The number of halogens is 2. The highest BCUT2D eigenvalue weighted by Crippen LogP contribution is 2.41. The average molecular weight is 303 g/mol. The molecule has 2 aromatic rings. The van der Waals surface area contributed by atoms with Gasteiger partial charge >= 0.3 is 0 Å². The molecule has 0 unspecified atom stereocenters. The van der Waals surface area contributed by atoms with E-state index >= 15 is 0 Å². The zero-order chi connectivity index (χ0) is 11.7. The van der Waals surface area contributed by atoms with E-state index in [0.29, 0.717) is 22.0 Å². The summed E-state index contributed by atoms with van der Waals surface area (Å²) in [5, 5.41) is 1.35. The molecule has 5 heteroatoms. The molecule has 0 saturated carbocycles. The van der Waals surface area contributed by atoms with E-state index in [4.69, 9.17) is 21.1 Å². The van der Waals surface area contributed by atoms with E-state index in [-0.39, 0.29) is 0 Å². The topological polar surface area (TPSA) is 31.4 Å². The van der Waals surface area contributed by atoms with E-state index < -0.39 is 0 Å². The number of hydrogen-bond donors (Lipinski definition) is 0. The normalized spacial score (nSPS) is 10.5. The molecule has 0 aliphatic carbocycles. The van der Waals surface area contributed by atoms with Crippen LogP contribution in [0, 0.1) is 0 Å². The van der Waals surface area contributed by atoms with E-state index in [9.17, 15) is 0 Å². The van der Waals surface area contributed by atoms with Crippen LogP contribution in [0.2, 0.25) is 5.02 Å². The van der Waals surface area contributed by atoms with Crippen LogP contribution in [-0.4, -0.2) is 19.2 Å². The van der Waals surface area contributed by atoms with Crippen LogP contribution in [0.15, 0.2) is 22.8 Å². The quantitative estimate of drug-likeness (QED) is 0.848. The van der Waals surface area contributed by atoms with E-state index in [1.807, 2.05) is 6.07 Å². The third-order valence-corrected chi connectivity index (χ3v) is 3.16. The zero-order valence-electron chi connectivity index (χ0n) is 8.75. The number of aromatic nitrogens is 1. The van der Waals surface area contributed by atoms with Crippen LogP contribution in [-0.2, 0) is 0 Å². The van der Waals surface area contributed by atoms with E-state index in [1.165, 1.54) is 0 Å². The molecule has 0 aliphatic rings. The van der Waals surface area contributed by atoms with Gasteiger partial charge in [-0.15, -0.1) is 0 Å². The fourth-order valence-corrected chi connectivity index (χ4v) is 2.36. The number of ether oxygens (including phenoxy) is 2. The van der Waals surface area contributed by atoms with Crippen molar-refractivity contribution >= 4 is 38.4 Å². The number of hydrogen-bond acceptors (Lipinski definition) is 3. The van der Waals surface area contributed by atoms with Gasteiger partial charge in [-0.3, -0.25) is 4.98 Å². The smallest absolute Gasteiger partial charge is 0.159 e. The minimum atomic E-state index is 0.590. The van der Waals surface area contributed by atoms with Crippen molar-refractivity contribution in [2.24, 2.45) is 0 Å². The van der Waals surface area contributed by atoms with E-state index in [2.05, 4.69) is 20.9 Å². The molecule has 1 heterocycles. The molecule has 0 N–H and O–H groups in total. The van der Waals surface area contributed by atoms with Gasteiger partial charge in [0.25, 0.3) is 0 Å². The van der Waals surface area contributed by atoms with Crippen LogP contribution >= 0.6 is 27.5 Å². The van der Waals surface area contributed by atoms with Gasteiger partial charge < -0.3 is 9.47 Å². The highest BCUT2D eigenvalue weighted by molar-refractivity contribution is 9.10. The molecule has 3 nitrogen and oxygen atoms in total. The van der Waals surface area contributed by atoms with Crippen molar-refractivity contribution in [3.63, 3.8) is 0 Å². The molecule has 84 valence electrons. The Morgan fingerprint density at radius 1 is 1.31 bits per heavy atom. The predicted octanol–water partition coefficient (Wildman–Crippen LogP) is 3.67. The molecule has 0 saturated heterocycles. The van der Waals surface area contributed by atoms with Crippen LogP contribution in [0.3, 0.4) is 0 Å². The Morgan fingerprint density at radius 3 is 2.69 bits per heavy atom. The van der Waals surface area contributed by atoms with Gasteiger partial charge in [-0.25, -0.2) is 0 Å². The summed E-state index contributed by atoms with van der Waals surface area (Å²) in [5.74, 6) is 1.32. The van der Waals surface area contributed by atoms with Gasteiger partial charge in [0.2, 0.25) is 0 Å². The van der Waals surface area contributed by atoms with Crippen LogP contribution < -0.4 is 9.47 Å². The number of fused-ring (bicyclic) bond motifs is 1. The van der Waals surface area contributed by atoms with Crippen molar-refractivity contribution in [2.75, 3.05) is 14.2 Å². The number of rotatable bonds is 2. The molecule has 2 rings (SSSR count). The van der Waals surface area contributed by atoms with Crippen molar-refractivity contribution in [3.8, 4) is 11.5 Å². The maximum atomic E-state index is 6.13. The second-order valence-electron chi connectivity index (χ2n) is 3.11. The summed E-state index contributed by atoms with van der Waals surface area (Å²) in [7, 11) is 3.19. The molecule has 0 bridgehead atoms. The lowest BCUT2D eigenvalue weighted by molar-refractivity contribution is 0.407. The van der Waals surface area contributed by atoms with Crippen LogP contribution in [0.1, 0.15) is 0 Å². The van der Waals surface area contributed by atoms with Gasteiger partial charge in [0.05, 0.1) is 29.1 Å². The van der Waals surface area contributed by atoms with E-state index in [1.54, 1.807) is 26.5 Å². The van der Waals surface area contributed by atoms with Crippen molar-refractivity contribution in [1.82, 2.24) is 4.98 Å². The molecular formula is C11H9BrClNO2. The molecular weight excluding hydrogens is 293 g/mol. The second kappa shape index (κ2) is 4.47. The largest absolute Gasteiger partial charge is 0.496 e. The fourth-order valence-electron chi connectivity index (χ4n) is 1.57. The minimum absolute atomic E-state index is 0.590. The molecule has 0 radical (unpaired) electrons.